The molecule has 19 heavy (non-hydrogen) atoms. The van der Waals surface area contributed by atoms with Crippen LogP contribution in [0.1, 0.15) is 26.7 Å². The fraction of sp³-hybridized carbons (Fsp3) is 0.545. The summed E-state index contributed by atoms with van der Waals surface area (Å²) in [5.74, 6) is -2.91. The molecule has 0 aromatic heterocycles. The molecule has 0 fully saturated rings. The maximum atomic E-state index is 10.8. The molecular weight excluding hydrogens is 260 g/mol. The lowest BCUT2D eigenvalue weighted by molar-refractivity contribution is -0.242. The lowest BCUT2D eigenvalue weighted by atomic mass is 10.2. The van der Waals surface area contributed by atoms with Gasteiger partial charge in [0.2, 0.25) is 0 Å². The summed E-state index contributed by atoms with van der Waals surface area (Å²) in [4.78, 5) is 34.0. The number of hydrogen-bond donors (Lipinski definition) is 3. The van der Waals surface area contributed by atoms with E-state index in [1.54, 1.807) is 0 Å². The molecule has 0 aliphatic rings. The van der Waals surface area contributed by atoms with Crippen LogP contribution in [0.2, 0.25) is 0 Å². The molecule has 0 bridgehead atoms. The molecule has 0 aliphatic carbocycles. The van der Waals surface area contributed by atoms with Crippen molar-refractivity contribution in [3.63, 3.8) is 0 Å². The van der Waals surface area contributed by atoms with Gasteiger partial charge in [-0.15, -0.1) is 0 Å². The summed E-state index contributed by atoms with van der Waals surface area (Å²) in [5.41, 5.74) is 0.176. The average molecular weight is 278 g/mol. The summed E-state index contributed by atoms with van der Waals surface area (Å²) in [5, 5.41) is 24.6. The maximum absolute atomic E-state index is 10.8. The number of aliphatic hydroxyl groups is 1. The summed E-state index contributed by atoms with van der Waals surface area (Å²) < 4.78 is 4.57. The smallest absolute Gasteiger partial charge is 0.370 e. The van der Waals surface area contributed by atoms with E-state index in [0.29, 0.717) is 6.42 Å². The maximum Gasteiger partial charge on any atom is 0.370 e. The minimum absolute atomic E-state index is 0.176. The zero-order chi connectivity index (χ0) is 15.4. The van der Waals surface area contributed by atoms with Gasteiger partial charge in [0.25, 0.3) is 0 Å². The zero-order valence-electron chi connectivity index (χ0n) is 10.8. The Balaban J connectivity index is 0. The van der Waals surface area contributed by atoms with Crippen molar-refractivity contribution < 1.29 is 39.5 Å². The number of aliphatic hydroxyl groups excluding tert-OH is 1. The monoisotopic (exact) mass is 278 g/mol. The Bertz CT molecular complexity index is 311. The molecule has 0 aromatic rings. The van der Waals surface area contributed by atoms with Gasteiger partial charge in [0.05, 0.1) is 13.0 Å². The van der Waals surface area contributed by atoms with Gasteiger partial charge in [-0.25, -0.2) is 9.59 Å². The van der Waals surface area contributed by atoms with Crippen LogP contribution < -0.4 is 0 Å². The predicted octanol–water partition coefficient (Wildman–Crippen LogP) is 0.354. The number of carboxylic acids is 1. The summed E-state index contributed by atoms with van der Waals surface area (Å²) in [6.07, 6.45) is -1.53. The Kier molecular flexibility index (Phi) is 11.4. The van der Waals surface area contributed by atoms with Crippen LogP contribution >= 0.6 is 0 Å². The van der Waals surface area contributed by atoms with Crippen LogP contribution in [-0.4, -0.2) is 46.1 Å². The quantitative estimate of drug-likeness (QED) is 0.274. The average Bonchev–Trinajstić information content (AvgIpc) is 2.35. The van der Waals surface area contributed by atoms with E-state index in [-0.39, 0.29) is 12.2 Å². The first-order valence-corrected chi connectivity index (χ1v) is 5.33. The minimum atomic E-state index is -1.67. The van der Waals surface area contributed by atoms with Crippen molar-refractivity contribution in [2.75, 3.05) is 6.61 Å². The van der Waals surface area contributed by atoms with E-state index in [0.717, 1.165) is 0 Å². The number of carbonyl (C=O) groups excluding carboxylic acids is 2. The molecule has 0 aromatic carbocycles. The van der Waals surface area contributed by atoms with Gasteiger partial charge in [-0.1, -0.05) is 13.5 Å². The molecule has 0 radical (unpaired) electrons. The van der Waals surface area contributed by atoms with Crippen molar-refractivity contribution >= 4 is 17.9 Å². The van der Waals surface area contributed by atoms with E-state index in [9.17, 15) is 14.4 Å². The molecule has 0 heterocycles. The second kappa shape index (κ2) is 11.2. The second-order valence-corrected chi connectivity index (χ2v) is 3.44. The molecule has 0 spiro atoms. The highest BCUT2D eigenvalue weighted by Gasteiger charge is 2.21. The van der Waals surface area contributed by atoms with Crippen molar-refractivity contribution in [2.45, 2.75) is 32.8 Å². The van der Waals surface area contributed by atoms with Gasteiger partial charge < -0.3 is 14.9 Å². The zero-order valence-corrected chi connectivity index (χ0v) is 10.8. The highest BCUT2D eigenvalue weighted by atomic mass is 17.1. The molecule has 0 amide bonds. The first-order chi connectivity index (χ1) is 8.76. The molecule has 110 valence electrons. The molecule has 0 saturated carbocycles. The number of esters is 1. The first-order valence-electron chi connectivity index (χ1n) is 5.33. The number of carbonyl (C=O) groups is 3. The van der Waals surface area contributed by atoms with Crippen molar-refractivity contribution in [3.05, 3.63) is 12.2 Å². The molecule has 8 nitrogen and oxygen atoms in total. The Morgan fingerprint density at radius 3 is 2.11 bits per heavy atom. The van der Waals surface area contributed by atoms with E-state index in [2.05, 4.69) is 16.2 Å². The number of aliphatic carboxylic acids is 1. The number of hydrogen-bond acceptors (Lipinski definition) is 7. The summed E-state index contributed by atoms with van der Waals surface area (Å²) in [6, 6.07) is 0. The van der Waals surface area contributed by atoms with E-state index in [1.807, 2.05) is 6.92 Å². The molecule has 1 unspecified atom stereocenters. The number of ether oxygens (including phenoxy) is 1. The summed E-state index contributed by atoms with van der Waals surface area (Å²) in [6.45, 7) is 6.65. The van der Waals surface area contributed by atoms with Crippen LogP contribution in [0.15, 0.2) is 12.2 Å². The molecule has 0 aliphatic heterocycles. The van der Waals surface area contributed by atoms with Crippen molar-refractivity contribution in [2.24, 2.45) is 0 Å². The highest BCUT2D eigenvalue weighted by Crippen LogP contribution is 1.97. The fourth-order valence-electron chi connectivity index (χ4n) is 0.577. The van der Waals surface area contributed by atoms with Gasteiger partial charge in [0.15, 0.2) is 6.10 Å². The number of rotatable bonds is 6. The highest BCUT2D eigenvalue weighted by molar-refractivity contribution is 5.84. The largest absolute Gasteiger partial charge is 0.478 e. The van der Waals surface area contributed by atoms with Gasteiger partial charge in [-0.3, -0.25) is 9.68 Å². The predicted molar refractivity (Wildman–Crippen MR) is 63.0 cm³/mol. The van der Waals surface area contributed by atoms with Crippen molar-refractivity contribution in [1.29, 1.82) is 0 Å². The van der Waals surface area contributed by atoms with Crippen molar-refractivity contribution in [3.8, 4) is 0 Å². The molecule has 0 rings (SSSR count). The molecular formula is C11H18O8. The normalized spacial score (nSPS) is 10.5. The van der Waals surface area contributed by atoms with E-state index < -0.39 is 30.4 Å². The third-order valence-corrected chi connectivity index (χ3v) is 1.55. The van der Waals surface area contributed by atoms with Crippen LogP contribution in [0.4, 0.5) is 0 Å². The van der Waals surface area contributed by atoms with Crippen LogP contribution in [0, 0.1) is 0 Å². The van der Waals surface area contributed by atoms with Gasteiger partial charge in [-0.2, -0.15) is 5.26 Å². The van der Waals surface area contributed by atoms with Crippen LogP contribution in [-0.2, 0) is 24.0 Å². The summed E-state index contributed by atoms with van der Waals surface area (Å²) >= 11 is 0. The Morgan fingerprint density at radius 2 is 1.79 bits per heavy atom. The van der Waals surface area contributed by atoms with E-state index in [4.69, 9.17) is 15.5 Å². The third-order valence-electron chi connectivity index (χ3n) is 1.55. The van der Waals surface area contributed by atoms with Gasteiger partial charge in [0.1, 0.15) is 0 Å². The molecule has 0 saturated heterocycles. The molecule has 3 N–H and O–H groups in total. The van der Waals surface area contributed by atoms with E-state index >= 15 is 0 Å². The van der Waals surface area contributed by atoms with Gasteiger partial charge >= 0.3 is 17.9 Å². The Morgan fingerprint density at radius 1 is 1.32 bits per heavy atom. The van der Waals surface area contributed by atoms with Gasteiger partial charge in [-0.05, 0) is 13.3 Å². The van der Waals surface area contributed by atoms with Crippen LogP contribution in [0.3, 0.4) is 0 Å². The first kappa shape index (κ1) is 19.4. The lowest BCUT2D eigenvalue weighted by Gasteiger charge is -2.06. The second-order valence-electron chi connectivity index (χ2n) is 3.44. The standard InChI is InChI=1S/C7H12O6.C4H6O2/c1-2-3-12-6(9)4-5(8)7(10)13-11;1-3(2)4(5)6/h5,8,11H,2-4H2,1H3;1H2,2H3,(H,5,6). The lowest BCUT2D eigenvalue weighted by Crippen LogP contribution is -2.26. The summed E-state index contributed by atoms with van der Waals surface area (Å²) in [7, 11) is 0. The third kappa shape index (κ3) is 12.3. The Labute approximate surface area is 110 Å². The van der Waals surface area contributed by atoms with E-state index in [1.165, 1.54) is 6.92 Å². The van der Waals surface area contributed by atoms with Crippen LogP contribution in [0.5, 0.6) is 0 Å². The van der Waals surface area contributed by atoms with Crippen molar-refractivity contribution in [1.82, 2.24) is 0 Å². The van der Waals surface area contributed by atoms with Gasteiger partial charge in [0, 0.05) is 5.57 Å². The number of carboxylic acid groups (broad SMARTS) is 1. The fourth-order valence-corrected chi connectivity index (χ4v) is 0.577. The minimum Gasteiger partial charge on any atom is -0.478 e. The SMILES string of the molecule is C=C(C)C(=O)O.CCCOC(=O)CC(O)C(=O)OO. The Hall–Kier alpha value is -1.93. The molecule has 8 heteroatoms. The van der Waals surface area contributed by atoms with Crippen LogP contribution in [0.25, 0.3) is 0 Å². The topological polar surface area (TPSA) is 130 Å². The molecule has 1 atom stereocenters.